The fourth-order valence-corrected chi connectivity index (χ4v) is 1.04. The van der Waals surface area contributed by atoms with Crippen LogP contribution in [-0.2, 0) is 0 Å². The molecule has 0 amide bonds. The number of aromatic hydroxyl groups is 1. The van der Waals surface area contributed by atoms with E-state index in [1.54, 1.807) is 0 Å². The van der Waals surface area contributed by atoms with Gasteiger partial charge in [0.1, 0.15) is 0 Å². The van der Waals surface area contributed by atoms with Gasteiger partial charge in [0.15, 0.2) is 11.6 Å². The predicted molar refractivity (Wildman–Crippen MR) is 45.6 cm³/mol. The SMILES string of the molecule is N[C@@H](CCF)c1ccc(O)c(F)c1. The fourth-order valence-electron chi connectivity index (χ4n) is 1.04. The zero-order valence-corrected chi connectivity index (χ0v) is 7.00. The molecule has 1 rings (SSSR count). The van der Waals surface area contributed by atoms with Gasteiger partial charge >= 0.3 is 0 Å². The molecule has 1 atom stereocenters. The molecule has 1 aromatic carbocycles. The van der Waals surface area contributed by atoms with Crippen molar-refractivity contribution in [1.82, 2.24) is 0 Å². The van der Waals surface area contributed by atoms with Crippen molar-refractivity contribution in [3.8, 4) is 5.75 Å². The summed E-state index contributed by atoms with van der Waals surface area (Å²) in [7, 11) is 0. The van der Waals surface area contributed by atoms with E-state index in [-0.39, 0.29) is 6.42 Å². The molecule has 0 unspecified atom stereocenters. The smallest absolute Gasteiger partial charge is 0.165 e. The molecule has 0 aliphatic carbocycles. The first kappa shape index (κ1) is 9.92. The molecular formula is C9H11F2NO. The Hall–Kier alpha value is -1.16. The Morgan fingerprint density at radius 3 is 2.69 bits per heavy atom. The zero-order valence-electron chi connectivity index (χ0n) is 7.00. The molecule has 2 nitrogen and oxygen atoms in total. The highest BCUT2D eigenvalue weighted by Gasteiger charge is 2.08. The van der Waals surface area contributed by atoms with Gasteiger partial charge in [-0.25, -0.2) is 4.39 Å². The Balaban J connectivity index is 2.84. The van der Waals surface area contributed by atoms with E-state index in [1.165, 1.54) is 12.1 Å². The van der Waals surface area contributed by atoms with Gasteiger partial charge in [0, 0.05) is 6.04 Å². The Kier molecular flexibility index (Phi) is 3.19. The summed E-state index contributed by atoms with van der Waals surface area (Å²) < 4.78 is 24.7. The molecule has 0 bridgehead atoms. The summed E-state index contributed by atoms with van der Waals surface area (Å²) >= 11 is 0. The molecule has 72 valence electrons. The van der Waals surface area contributed by atoms with Crippen LogP contribution < -0.4 is 5.73 Å². The standard InChI is InChI=1S/C9H11F2NO/c10-4-3-8(12)6-1-2-9(13)7(11)5-6/h1-2,5,8,13H,3-4,12H2/t8-/m0/s1. The van der Waals surface area contributed by atoms with Crippen molar-refractivity contribution in [2.24, 2.45) is 5.73 Å². The van der Waals surface area contributed by atoms with Crippen molar-refractivity contribution < 1.29 is 13.9 Å². The first-order chi connectivity index (χ1) is 6.15. The van der Waals surface area contributed by atoms with E-state index in [0.29, 0.717) is 5.56 Å². The van der Waals surface area contributed by atoms with Crippen LogP contribution in [0.5, 0.6) is 5.75 Å². The van der Waals surface area contributed by atoms with Crippen molar-refractivity contribution in [1.29, 1.82) is 0 Å². The first-order valence-electron chi connectivity index (χ1n) is 3.95. The first-order valence-corrected chi connectivity index (χ1v) is 3.95. The number of alkyl halides is 1. The van der Waals surface area contributed by atoms with Crippen LogP contribution in [0.15, 0.2) is 18.2 Å². The van der Waals surface area contributed by atoms with E-state index in [2.05, 4.69) is 0 Å². The summed E-state index contributed by atoms with van der Waals surface area (Å²) in [5, 5.41) is 8.87. The second-order valence-electron chi connectivity index (χ2n) is 2.79. The van der Waals surface area contributed by atoms with E-state index in [0.717, 1.165) is 6.07 Å². The number of hydrogen-bond donors (Lipinski definition) is 2. The summed E-state index contributed by atoms with van der Waals surface area (Å²) in [6.45, 7) is -0.538. The molecule has 0 aromatic heterocycles. The number of halogens is 2. The highest BCUT2D eigenvalue weighted by atomic mass is 19.1. The number of hydrogen-bond acceptors (Lipinski definition) is 2. The van der Waals surface area contributed by atoms with Gasteiger partial charge in [-0.1, -0.05) is 6.07 Å². The van der Waals surface area contributed by atoms with Crippen molar-refractivity contribution >= 4 is 0 Å². The Morgan fingerprint density at radius 1 is 1.46 bits per heavy atom. The third kappa shape index (κ3) is 2.39. The maximum Gasteiger partial charge on any atom is 0.165 e. The van der Waals surface area contributed by atoms with Gasteiger partial charge in [0.05, 0.1) is 6.67 Å². The molecule has 0 saturated heterocycles. The van der Waals surface area contributed by atoms with Crippen LogP contribution in [0.4, 0.5) is 8.78 Å². The molecular weight excluding hydrogens is 176 g/mol. The molecule has 0 heterocycles. The average Bonchev–Trinajstić information content (AvgIpc) is 2.10. The van der Waals surface area contributed by atoms with Crippen LogP contribution in [-0.4, -0.2) is 11.8 Å². The maximum absolute atomic E-state index is 12.8. The van der Waals surface area contributed by atoms with Gasteiger partial charge in [-0.15, -0.1) is 0 Å². The molecule has 0 spiro atoms. The number of rotatable bonds is 3. The van der Waals surface area contributed by atoms with Gasteiger partial charge < -0.3 is 10.8 Å². The van der Waals surface area contributed by atoms with Crippen molar-refractivity contribution in [3.05, 3.63) is 29.6 Å². The van der Waals surface area contributed by atoms with E-state index in [9.17, 15) is 8.78 Å². The van der Waals surface area contributed by atoms with Gasteiger partial charge in [0.25, 0.3) is 0 Å². The molecule has 4 heteroatoms. The molecule has 0 fully saturated rings. The molecule has 0 aliphatic rings. The van der Waals surface area contributed by atoms with Crippen molar-refractivity contribution in [3.63, 3.8) is 0 Å². The second-order valence-corrected chi connectivity index (χ2v) is 2.79. The van der Waals surface area contributed by atoms with Crippen LogP contribution >= 0.6 is 0 Å². The largest absolute Gasteiger partial charge is 0.505 e. The van der Waals surface area contributed by atoms with Crippen molar-refractivity contribution in [2.75, 3.05) is 6.67 Å². The average molecular weight is 187 g/mol. The summed E-state index contributed by atoms with van der Waals surface area (Å²) in [4.78, 5) is 0. The van der Waals surface area contributed by atoms with E-state index >= 15 is 0 Å². The van der Waals surface area contributed by atoms with Gasteiger partial charge in [-0.05, 0) is 24.1 Å². The number of phenols is 1. The number of nitrogens with two attached hydrogens (primary N) is 1. The Morgan fingerprint density at radius 2 is 2.15 bits per heavy atom. The third-order valence-electron chi connectivity index (χ3n) is 1.82. The summed E-state index contributed by atoms with van der Waals surface area (Å²) in [6.07, 6.45) is 0.157. The van der Waals surface area contributed by atoms with E-state index in [1.807, 2.05) is 0 Å². The molecule has 3 N–H and O–H groups in total. The van der Waals surface area contributed by atoms with Gasteiger partial charge in [-0.2, -0.15) is 0 Å². The summed E-state index contributed by atoms with van der Waals surface area (Å²) in [5.41, 5.74) is 6.03. The second kappa shape index (κ2) is 4.18. The maximum atomic E-state index is 12.8. The third-order valence-corrected chi connectivity index (χ3v) is 1.82. The lowest BCUT2D eigenvalue weighted by molar-refractivity contribution is 0.426. The molecule has 0 radical (unpaired) electrons. The quantitative estimate of drug-likeness (QED) is 0.759. The zero-order chi connectivity index (χ0) is 9.84. The van der Waals surface area contributed by atoms with Crippen molar-refractivity contribution in [2.45, 2.75) is 12.5 Å². The molecule has 0 saturated carbocycles. The minimum Gasteiger partial charge on any atom is -0.505 e. The fraction of sp³-hybridized carbons (Fsp3) is 0.333. The molecule has 13 heavy (non-hydrogen) atoms. The van der Waals surface area contributed by atoms with E-state index in [4.69, 9.17) is 10.8 Å². The lowest BCUT2D eigenvalue weighted by Crippen LogP contribution is -2.10. The summed E-state index contributed by atoms with van der Waals surface area (Å²) in [6, 6.07) is 3.30. The molecule has 1 aromatic rings. The Bertz CT molecular complexity index is 291. The molecule has 0 aliphatic heterocycles. The van der Waals surface area contributed by atoms with Crippen LogP contribution in [0.3, 0.4) is 0 Å². The van der Waals surface area contributed by atoms with Crippen LogP contribution in [0.1, 0.15) is 18.0 Å². The minimum atomic E-state index is -0.730. The Labute approximate surface area is 75.0 Å². The monoisotopic (exact) mass is 187 g/mol. The minimum absolute atomic E-state index is 0.157. The number of benzene rings is 1. The highest BCUT2D eigenvalue weighted by Crippen LogP contribution is 2.21. The van der Waals surface area contributed by atoms with Gasteiger partial charge in [-0.3, -0.25) is 4.39 Å². The lowest BCUT2D eigenvalue weighted by atomic mass is 10.1. The van der Waals surface area contributed by atoms with Crippen LogP contribution in [0.25, 0.3) is 0 Å². The topological polar surface area (TPSA) is 46.2 Å². The van der Waals surface area contributed by atoms with Gasteiger partial charge in [0.2, 0.25) is 0 Å². The van der Waals surface area contributed by atoms with E-state index < -0.39 is 24.3 Å². The summed E-state index contributed by atoms with van der Waals surface area (Å²) in [5.74, 6) is -1.15. The lowest BCUT2D eigenvalue weighted by Gasteiger charge is -2.09. The highest BCUT2D eigenvalue weighted by molar-refractivity contribution is 5.29. The number of phenolic OH excluding ortho intramolecular Hbond substituents is 1. The van der Waals surface area contributed by atoms with Crippen LogP contribution in [0.2, 0.25) is 0 Å². The normalized spacial score (nSPS) is 12.8. The van der Waals surface area contributed by atoms with Crippen LogP contribution in [0, 0.1) is 5.82 Å². The predicted octanol–water partition coefficient (Wildman–Crippen LogP) is 1.89.